The highest BCUT2D eigenvalue weighted by molar-refractivity contribution is 5.75. The van der Waals surface area contributed by atoms with E-state index in [0.29, 0.717) is 5.69 Å². The number of H-pyrrole nitrogens is 1. The molecule has 2 N–H and O–H groups in total. The van der Waals surface area contributed by atoms with Gasteiger partial charge in [-0.05, 0) is 31.9 Å². The lowest BCUT2D eigenvalue weighted by atomic mass is 10.0. The van der Waals surface area contributed by atoms with E-state index >= 15 is 0 Å². The summed E-state index contributed by atoms with van der Waals surface area (Å²) in [7, 11) is 0. The molecule has 1 aliphatic heterocycles. The minimum atomic E-state index is -4.71. The van der Waals surface area contributed by atoms with E-state index in [2.05, 4.69) is 9.97 Å². The van der Waals surface area contributed by atoms with Crippen molar-refractivity contribution < 1.29 is 27.1 Å². The zero-order chi connectivity index (χ0) is 22.3. The van der Waals surface area contributed by atoms with E-state index in [0.717, 1.165) is 0 Å². The Labute approximate surface area is 169 Å². The van der Waals surface area contributed by atoms with Crippen molar-refractivity contribution in [2.75, 3.05) is 18.0 Å². The molecule has 3 rings (SSSR count). The van der Waals surface area contributed by atoms with Crippen molar-refractivity contribution in [3.8, 4) is 11.3 Å². The van der Waals surface area contributed by atoms with Crippen LogP contribution in [0.15, 0.2) is 16.9 Å². The Bertz CT molecular complexity index is 1000. The summed E-state index contributed by atoms with van der Waals surface area (Å²) in [5.74, 6) is -2.99. The number of hydrogen-bond donors (Lipinski definition) is 2. The van der Waals surface area contributed by atoms with Gasteiger partial charge in [0.05, 0.1) is 12.3 Å². The first-order valence-corrected chi connectivity index (χ1v) is 9.48. The van der Waals surface area contributed by atoms with Crippen LogP contribution in [0.3, 0.4) is 0 Å². The average Bonchev–Trinajstić information content (AvgIpc) is 2.80. The molecule has 0 bridgehead atoms. The van der Waals surface area contributed by atoms with Gasteiger partial charge in [-0.25, -0.2) is 13.8 Å². The zero-order valence-electron chi connectivity index (χ0n) is 16.5. The van der Waals surface area contributed by atoms with E-state index in [1.54, 1.807) is 6.92 Å². The van der Waals surface area contributed by atoms with Crippen molar-refractivity contribution in [2.24, 2.45) is 0 Å². The van der Waals surface area contributed by atoms with Gasteiger partial charge in [0.1, 0.15) is 11.5 Å². The number of aliphatic hydroxyl groups excluding tert-OH is 1. The summed E-state index contributed by atoms with van der Waals surface area (Å²) in [6.07, 6.45) is -5.46. The predicted octanol–water partition coefficient (Wildman–Crippen LogP) is 4.19. The number of aromatic amines is 1. The van der Waals surface area contributed by atoms with Crippen molar-refractivity contribution in [1.29, 1.82) is 0 Å². The highest BCUT2D eigenvalue weighted by atomic mass is 19.4. The molecule has 2 aromatic heterocycles. The van der Waals surface area contributed by atoms with Crippen LogP contribution in [0.4, 0.5) is 27.8 Å². The number of halogens is 5. The van der Waals surface area contributed by atoms with Crippen LogP contribution in [0.5, 0.6) is 0 Å². The summed E-state index contributed by atoms with van der Waals surface area (Å²) < 4.78 is 68.0. The van der Waals surface area contributed by atoms with Gasteiger partial charge in [0.15, 0.2) is 5.43 Å². The number of pyridine rings is 2. The molecule has 164 valence electrons. The van der Waals surface area contributed by atoms with Gasteiger partial charge in [0.2, 0.25) is 5.92 Å². The summed E-state index contributed by atoms with van der Waals surface area (Å²) in [6.45, 7) is 2.29. The molecule has 3 heterocycles. The van der Waals surface area contributed by atoms with Crippen LogP contribution in [0.25, 0.3) is 11.3 Å². The van der Waals surface area contributed by atoms with E-state index in [4.69, 9.17) is 0 Å². The van der Waals surface area contributed by atoms with Gasteiger partial charge >= 0.3 is 6.18 Å². The normalized spacial score (nSPS) is 17.1. The number of nitrogens with zero attached hydrogens (tertiary/aromatic N) is 2. The maximum absolute atomic E-state index is 13.8. The van der Waals surface area contributed by atoms with Gasteiger partial charge in [-0.1, -0.05) is 0 Å². The number of aryl methyl sites for hydroxylation is 2. The molecule has 2 aromatic rings. The van der Waals surface area contributed by atoms with E-state index in [9.17, 15) is 31.9 Å². The van der Waals surface area contributed by atoms with Crippen LogP contribution in [0, 0.1) is 13.8 Å². The average molecular weight is 431 g/mol. The first-order valence-electron chi connectivity index (χ1n) is 9.48. The molecule has 1 aliphatic rings. The van der Waals surface area contributed by atoms with Crippen LogP contribution in [0.2, 0.25) is 0 Å². The number of nitrogens with one attached hydrogen (secondary N) is 1. The molecular formula is C20H22F5N3O2. The van der Waals surface area contributed by atoms with E-state index < -0.39 is 36.2 Å². The molecule has 1 saturated heterocycles. The number of aliphatic hydroxyl groups is 1. The van der Waals surface area contributed by atoms with Crippen LogP contribution >= 0.6 is 0 Å². The smallest absolute Gasteiger partial charge is 0.391 e. The lowest BCUT2D eigenvalue weighted by molar-refractivity contribution is -0.141. The summed E-state index contributed by atoms with van der Waals surface area (Å²) in [4.78, 5) is 20.5. The molecule has 1 fully saturated rings. The maximum Gasteiger partial charge on any atom is 0.433 e. The highest BCUT2D eigenvalue weighted by Crippen LogP contribution is 2.38. The van der Waals surface area contributed by atoms with Crippen LogP contribution in [-0.2, 0) is 12.8 Å². The standard InChI is InChI=1S/C20H22F5N3O2/c1-11-8-13(15-9-16(30)14(10-29)12(2)26-15)18(27-17(11)20(23,24)25)28-6-3-4-19(21,22)5-7-28/h8-9,29H,3-7,10H2,1-2H3,(H,26,30). The molecule has 5 nitrogen and oxygen atoms in total. The molecule has 0 aromatic carbocycles. The highest BCUT2D eigenvalue weighted by Gasteiger charge is 2.37. The molecule has 30 heavy (non-hydrogen) atoms. The van der Waals surface area contributed by atoms with E-state index in [1.807, 2.05) is 0 Å². The topological polar surface area (TPSA) is 69.2 Å². The Morgan fingerprint density at radius 2 is 1.90 bits per heavy atom. The van der Waals surface area contributed by atoms with Gasteiger partial charge in [-0.15, -0.1) is 0 Å². The van der Waals surface area contributed by atoms with Gasteiger partial charge in [-0.2, -0.15) is 13.2 Å². The largest absolute Gasteiger partial charge is 0.433 e. The molecule has 0 unspecified atom stereocenters. The summed E-state index contributed by atoms with van der Waals surface area (Å²) >= 11 is 0. The molecule has 0 spiro atoms. The van der Waals surface area contributed by atoms with Gasteiger partial charge in [0, 0.05) is 48.8 Å². The number of rotatable bonds is 3. The minimum absolute atomic E-state index is 0.0995. The Kier molecular flexibility index (Phi) is 5.90. The van der Waals surface area contributed by atoms with Crippen molar-refractivity contribution in [2.45, 2.75) is 51.8 Å². The Hall–Kier alpha value is -2.49. The first-order chi connectivity index (χ1) is 13.9. The third-order valence-corrected chi connectivity index (χ3v) is 5.28. The molecule has 0 aliphatic carbocycles. The summed E-state index contributed by atoms with van der Waals surface area (Å²) in [5, 5.41) is 9.33. The molecule has 0 saturated carbocycles. The van der Waals surface area contributed by atoms with Crippen molar-refractivity contribution in [3.05, 3.63) is 44.9 Å². The minimum Gasteiger partial charge on any atom is -0.391 e. The van der Waals surface area contributed by atoms with Gasteiger partial charge < -0.3 is 15.0 Å². The summed E-state index contributed by atoms with van der Waals surface area (Å²) in [5.41, 5.74) is -0.776. The quantitative estimate of drug-likeness (QED) is 0.716. The maximum atomic E-state index is 13.8. The van der Waals surface area contributed by atoms with Crippen molar-refractivity contribution in [3.63, 3.8) is 0 Å². The van der Waals surface area contributed by atoms with Crippen LogP contribution < -0.4 is 10.3 Å². The SMILES string of the molecule is Cc1cc(-c2cc(=O)c(CO)c(C)[nH]2)c(N2CCCC(F)(F)CC2)nc1C(F)(F)F. The number of alkyl halides is 5. The predicted molar refractivity (Wildman–Crippen MR) is 102 cm³/mol. The molecule has 0 amide bonds. The second kappa shape index (κ2) is 7.98. The fourth-order valence-corrected chi connectivity index (χ4v) is 3.66. The lowest BCUT2D eigenvalue weighted by Gasteiger charge is -2.26. The van der Waals surface area contributed by atoms with Crippen LogP contribution in [0.1, 0.15) is 41.8 Å². The van der Waals surface area contributed by atoms with Gasteiger partial charge in [0.25, 0.3) is 0 Å². The fraction of sp³-hybridized carbons (Fsp3) is 0.500. The molecular weight excluding hydrogens is 409 g/mol. The van der Waals surface area contributed by atoms with E-state index in [1.165, 1.54) is 24.0 Å². The number of aromatic nitrogens is 2. The third-order valence-electron chi connectivity index (χ3n) is 5.28. The third kappa shape index (κ3) is 4.48. The number of anilines is 1. The lowest BCUT2D eigenvalue weighted by Crippen LogP contribution is -2.28. The number of hydrogen-bond acceptors (Lipinski definition) is 4. The monoisotopic (exact) mass is 431 g/mol. The first kappa shape index (κ1) is 22.2. The second-order valence-corrected chi connectivity index (χ2v) is 7.53. The molecule has 0 atom stereocenters. The van der Waals surface area contributed by atoms with Gasteiger partial charge in [-0.3, -0.25) is 4.79 Å². The Morgan fingerprint density at radius 1 is 1.20 bits per heavy atom. The van der Waals surface area contributed by atoms with Crippen LogP contribution in [-0.4, -0.2) is 34.1 Å². The summed E-state index contributed by atoms with van der Waals surface area (Å²) in [6, 6.07) is 2.44. The molecule has 0 radical (unpaired) electrons. The van der Waals surface area contributed by atoms with Crippen molar-refractivity contribution in [1.82, 2.24) is 9.97 Å². The molecule has 10 heteroatoms. The Balaban J connectivity index is 2.20. The van der Waals surface area contributed by atoms with E-state index in [-0.39, 0.29) is 54.1 Å². The second-order valence-electron chi connectivity index (χ2n) is 7.53. The van der Waals surface area contributed by atoms with Crippen molar-refractivity contribution >= 4 is 5.82 Å². The Morgan fingerprint density at radius 3 is 2.50 bits per heavy atom. The zero-order valence-corrected chi connectivity index (χ0v) is 16.5. The fourth-order valence-electron chi connectivity index (χ4n) is 3.66.